The number of hydrogen-bond donors (Lipinski definition) is 3. The van der Waals surface area contributed by atoms with Crippen molar-refractivity contribution in [1.82, 2.24) is 25.1 Å². The molecule has 0 aromatic carbocycles. The molecule has 0 unspecified atom stereocenters. The summed E-state index contributed by atoms with van der Waals surface area (Å²) in [6, 6.07) is 0.436. The third-order valence-electron chi connectivity index (χ3n) is 6.04. The lowest BCUT2D eigenvalue weighted by Crippen LogP contribution is -2.51. The molecule has 1 atom stereocenters. The normalized spacial score (nSPS) is 22.2. The topological polar surface area (TPSA) is 117 Å². The van der Waals surface area contributed by atoms with Crippen LogP contribution in [0.3, 0.4) is 0 Å². The number of rotatable bonds is 6. The van der Waals surface area contributed by atoms with Crippen LogP contribution in [0.4, 0.5) is 30.6 Å². The lowest BCUT2D eigenvalue weighted by molar-refractivity contribution is -0.141. The zero-order valence-electron chi connectivity index (χ0n) is 19.3. The number of carbonyl (C=O) groups excluding carboxylic acids is 2. The zero-order chi connectivity index (χ0) is 24.8. The summed E-state index contributed by atoms with van der Waals surface area (Å²) < 4.78 is 38.9. The van der Waals surface area contributed by atoms with Crippen molar-refractivity contribution < 1.29 is 22.8 Å². The molecule has 4 rings (SSSR count). The van der Waals surface area contributed by atoms with E-state index in [9.17, 15) is 22.8 Å². The number of carbonyl (C=O) groups is 2. The molecule has 3 N–H and O–H groups in total. The molecule has 1 aliphatic carbocycles. The first kappa shape index (κ1) is 23.8. The number of halogens is 3. The van der Waals surface area contributed by atoms with Gasteiger partial charge in [-0.3, -0.25) is 14.3 Å². The predicted molar refractivity (Wildman–Crippen MR) is 118 cm³/mol. The molecular formula is C21H27F3N8O2. The van der Waals surface area contributed by atoms with Crippen molar-refractivity contribution in [2.75, 3.05) is 22.6 Å². The summed E-state index contributed by atoms with van der Waals surface area (Å²) in [6.07, 6.45) is -2.16. The van der Waals surface area contributed by atoms with E-state index in [1.807, 2.05) is 25.8 Å². The van der Waals surface area contributed by atoms with Crippen molar-refractivity contribution in [3.63, 3.8) is 0 Å². The Balaban J connectivity index is 1.31. The first-order chi connectivity index (χ1) is 15.9. The van der Waals surface area contributed by atoms with Gasteiger partial charge < -0.3 is 20.9 Å². The van der Waals surface area contributed by atoms with E-state index in [0.29, 0.717) is 36.0 Å². The van der Waals surface area contributed by atoms with Crippen LogP contribution in [-0.2, 0) is 22.3 Å². The minimum Gasteiger partial charge on any atom is -0.352 e. The number of alkyl halides is 3. The van der Waals surface area contributed by atoms with Crippen LogP contribution in [-0.4, -0.2) is 56.7 Å². The highest BCUT2D eigenvalue weighted by molar-refractivity contribution is 6.03. The molecule has 1 fully saturated rings. The van der Waals surface area contributed by atoms with E-state index in [2.05, 4.69) is 31.0 Å². The lowest BCUT2D eigenvalue weighted by Gasteiger charge is -2.38. The van der Waals surface area contributed by atoms with E-state index in [4.69, 9.17) is 0 Å². The quantitative estimate of drug-likeness (QED) is 0.580. The van der Waals surface area contributed by atoms with E-state index in [-0.39, 0.29) is 36.5 Å². The number of fused-ring (bicyclic) bond motifs is 1. The minimum absolute atomic E-state index is 0.0358. The maximum absolute atomic E-state index is 12.6. The maximum Gasteiger partial charge on any atom is 0.435 e. The average Bonchev–Trinajstić information content (AvgIpc) is 3.16. The van der Waals surface area contributed by atoms with Crippen molar-refractivity contribution in [3.05, 3.63) is 23.7 Å². The number of anilines is 3. The molecule has 184 valence electrons. The van der Waals surface area contributed by atoms with Gasteiger partial charge in [0.25, 0.3) is 0 Å². The molecule has 2 aromatic heterocycles. The van der Waals surface area contributed by atoms with Crippen LogP contribution in [0.2, 0.25) is 0 Å². The number of nitrogens with zero attached hydrogens (tertiary/aromatic N) is 5. The van der Waals surface area contributed by atoms with Crippen molar-refractivity contribution in [3.8, 4) is 0 Å². The SMILES string of the molecule is Cc1nc(N[C@H]2C[C@H](NC(=O)Cn3ccc(C(F)(F)F)n3)C2)nc2c1NC(=O)[C@H](C(C)C)N2C. The first-order valence-corrected chi connectivity index (χ1v) is 11.0. The van der Waals surface area contributed by atoms with Gasteiger partial charge in [-0.05, 0) is 31.7 Å². The molecular weight excluding hydrogens is 453 g/mol. The lowest BCUT2D eigenvalue weighted by atomic mass is 9.87. The summed E-state index contributed by atoms with van der Waals surface area (Å²) in [5, 5.41) is 12.4. The standard InChI is InChI=1S/C21H27F3N8O2/c1-10(2)17-19(34)28-16-11(3)25-20(29-18(16)31(17)4)27-13-7-12(8-13)26-15(33)9-32-6-5-14(30-32)21(22,23)24/h5-6,10,12-13,17H,7-9H2,1-4H3,(H,26,33)(H,28,34)(H,25,27,29)/t12-,13-,17-/m0/s1. The average molecular weight is 480 g/mol. The molecule has 10 nitrogen and oxygen atoms in total. The fourth-order valence-corrected chi connectivity index (χ4v) is 4.34. The van der Waals surface area contributed by atoms with E-state index < -0.39 is 17.8 Å². The van der Waals surface area contributed by atoms with Crippen molar-refractivity contribution in [2.45, 2.75) is 64.5 Å². The number of aromatic nitrogens is 4. The summed E-state index contributed by atoms with van der Waals surface area (Å²) in [4.78, 5) is 35.5. The second-order valence-electron chi connectivity index (χ2n) is 9.09. The van der Waals surface area contributed by atoms with E-state index in [1.165, 1.54) is 0 Å². The number of hydrogen-bond acceptors (Lipinski definition) is 7. The highest BCUT2D eigenvalue weighted by Gasteiger charge is 2.37. The fourth-order valence-electron chi connectivity index (χ4n) is 4.34. The van der Waals surface area contributed by atoms with Gasteiger partial charge in [-0.25, -0.2) is 4.98 Å². The Labute approximate surface area is 194 Å². The van der Waals surface area contributed by atoms with Crippen LogP contribution < -0.4 is 20.9 Å². The van der Waals surface area contributed by atoms with Gasteiger partial charge in [-0.1, -0.05) is 13.8 Å². The van der Waals surface area contributed by atoms with Gasteiger partial charge >= 0.3 is 6.18 Å². The number of amides is 2. The summed E-state index contributed by atoms with van der Waals surface area (Å²) in [6.45, 7) is 5.47. The highest BCUT2D eigenvalue weighted by Crippen LogP contribution is 2.35. The minimum atomic E-state index is -4.54. The van der Waals surface area contributed by atoms with E-state index in [0.717, 1.165) is 16.9 Å². The molecule has 1 saturated carbocycles. The second kappa shape index (κ2) is 8.76. The van der Waals surface area contributed by atoms with Gasteiger partial charge in [-0.2, -0.15) is 23.3 Å². The highest BCUT2D eigenvalue weighted by atomic mass is 19.4. The Morgan fingerprint density at radius 3 is 2.59 bits per heavy atom. The molecule has 3 heterocycles. The molecule has 1 aliphatic heterocycles. The summed E-state index contributed by atoms with van der Waals surface area (Å²) in [5.74, 6) is 0.697. The fraction of sp³-hybridized carbons (Fsp3) is 0.571. The third kappa shape index (κ3) is 4.77. The molecule has 2 aliphatic rings. The van der Waals surface area contributed by atoms with Crippen molar-refractivity contribution >= 4 is 29.3 Å². The van der Waals surface area contributed by atoms with Crippen LogP contribution in [0.5, 0.6) is 0 Å². The number of likely N-dealkylation sites (N-methyl/N-ethyl adjacent to an activating group) is 1. The molecule has 0 spiro atoms. The van der Waals surface area contributed by atoms with Gasteiger partial charge in [0.1, 0.15) is 18.3 Å². The Hall–Kier alpha value is -3.38. The first-order valence-electron chi connectivity index (χ1n) is 11.0. The predicted octanol–water partition coefficient (Wildman–Crippen LogP) is 2.17. The van der Waals surface area contributed by atoms with E-state index >= 15 is 0 Å². The molecule has 0 saturated heterocycles. The Morgan fingerprint density at radius 1 is 1.26 bits per heavy atom. The van der Waals surface area contributed by atoms with Crippen LogP contribution >= 0.6 is 0 Å². The Morgan fingerprint density at radius 2 is 1.97 bits per heavy atom. The van der Waals surface area contributed by atoms with Crippen molar-refractivity contribution in [1.29, 1.82) is 0 Å². The van der Waals surface area contributed by atoms with Crippen LogP contribution in [0.25, 0.3) is 0 Å². The molecule has 2 amide bonds. The third-order valence-corrected chi connectivity index (χ3v) is 6.04. The van der Waals surface area contributed by atoms with Crippen LogP contribution in [0, 0.1) is 12.8 Å². The second-order valence-corrected chi connectivity index (χ2v) is 9.09. The van der Waals surface area contributed by atoms with Gasteiger partial charge in [0.2, 0.25) is 17.8 Å². The molecule has 34 heavy (non-hydrogen) atoms. The van der Waals surface area contributed by atoms with Gasteiger partial charge in [-0.15, -0.1) is 0 Å². The Bertz CT molecular complexity index is 1090. The largest absolute Gasteiger partial charge is 0.435 e. The maximum atomic E-state index is 12.6. The van der Waals surface area contributed by atoms with Crippen LogP contribution in [0.15, 0.2) is 12.3 Å². The van der Waals surface area contributed by atoms with Gasteiger partial charge in [0.05, 0.1) is 5.69 Å². The molecule has 0 radical (unpaired) electrons. The summed E-state index contributed by atoms with van der Waals surface area (Å²) in [5.41, 5.74) is 0.219. The Kier molecular flexibility index (Phi) is 6.13. The molecule has 0 bridgehead atoms. The zero-order valence-corrected chi connectivity index (χ0v) is 19.3. The monoisotopic (exact) mass is 480 g/mol. The van der Waals surface area contributed by atoms with Gasteiger partial charge in [0.15, 0.2) is 11.5 Å². The van der Waals surface area contributed by atoms with Crippen molar-refractivity contribution in [2.24, 2.45) is 5.92 Å². The van der Waals surface area contributed by atoms with Gasteiger partial charge in [0, 0.05) is 25.3 Å². The molecule has 13 heteroatoms. The van der Waals surface area contributed by atoms with Crippen LogP contribution in [0.1, 0.15) is 38.1 Å². The number of aryl methyl sites for hydroxylation is 1. The summed E-state index contributed by atoms with van der Waals surface area (Å²) >= 11 is 0. The van der Waals surface area contributed by atoms with E-state index in [1.54, 1.807) is 6.92 Å². The smallest absolute Gasteiger partial charge is 0.352 e. The summed E-state index contributed by atoms with van der Waals surface area (Å²) in [7, 11) is 1.84. The number of nitrogens with one attached hydrogen (secondary N) is 3. The molecule has 2 aromatic rings.